The molecule has 0 bridgehead atoms. The molecule has 5 nitrogen and oxygen atoms in total. The fourth-order valence-corrected chi connectivity index (χ4v) is 1.93. The third-order valence-electron chi connectivity index (χ3n) is 2.76. The van der Waals surface area contributed by atoms with Crippen molar-refractivity contribution in [1.29, 1.82) is 0 Å². The zero-order valence-corrected chi connectivity index (χ0v) is 8.86. The van der Waals surface area contributed by atoms with Crippen LogP contribution in [0.15, 0.2) is 12.1 Å². The van der Waals surface area contributed by atoms with E-state index < -0.39 is 4.92 Å². The SMILES string of the molecule is COc1cc2c(cc1[N+](=O)[O-])CCC(=O)C2. The molecule has 0 saturated heterocycles. The molecule has 2 rings (SSSR count). The summed E-state index contributed by atoms with van der Waals surface area (Å²) in [7, 11) is 1.39. The van der Waals surface area contributed by atoms with E-state index in [1.165, 1.54) is 13.2 Å². The van der Waals surface area contributed by atoms with Crippen LogP contribution < -0.4 is 4.74 Å². The van der Waals surface area contributed by atoms with E-state index in [-0.39, 0.29) is 17.2 Å². The smallest absolute Gasteiger partial charge is 0.311 e. The first-order valence-corrected chi connectivity index (χ1v) is 4.97. The Morgan fingerprint density at radius 3 is 2.69 bits per heavy atom. The van der Waals surface area contributed by atoms with Crippen LogP contribution >= 0.6 is 0 Å². The monoisotopic (exact) mass is 221 g/mol. The highest BCUT2D eigenvalue weighted by Gasteiger charge is 2.23. The third kappa shape index (κ3) is 1.76. The largest absolute Gasteiger partial charge is 0.490 e. The maximum Gasteiger partial charge on any atom is 0.311 e. The van der Waals surface area contributed by atoms with Gasteiger partial charge in [-0.2, -0.15) is 0 Å². The van der Waals surface area contributed by atoms with E-state index in [2.05, 4.69) is 0 Å². The summed E-state index contributed by atoms with van der Waals surface area (Å²) in [6, 6.07) is 3.12. The van der Waals surface area contributed by atoms with Gasteiger partial charge in [0.05, 0.1) is 12.0 Å². The molecular formula is C11H11NO4. The molecule has 16 heavy (non-hydrogen) atoms. The average Bonchev–Trinajstić information content (AvgIpc) is 2.26. The molecule has 1 aromatic rings. The molecule has 1 aliphatic rings. The predicted molar refractivity (Wildman–Crippen MR) is 56.7 cm³/mol. The van der Waals surface area contributed by atoms with E-state index in [9.17, 15) is 14.9 Å². The first-order valence-electron chi connectivity index (χ1n) is 4.97. The zero-order chi connectivity index (χ0) is 11.7. The molecule has 0 N–H and O–H groups in total. The third-order valence-corrected chi connectivity index (χ3v) is 2.76. The summed E-state index contributed by atoms with van der Waals surface area (Å²) in [5, 5.41) is 10.8. The second-order valence-corrected chi connectivity index (χ2v) is 3.77. The summed E-state index contributed by atoms with van der Waals surface area (Å²) in [4.78, 5) is 21.6. The molecule has 0 aliphatic heterocycles. The molecule has 0 heterocycles. The number of Topliss-reactive ketones (excluding diaryl/α,β-unsaturated/α-hetero) is 1. The zero-order valence-electron chi connectivity index (χ0n) is 8.86. The predicted octanol–water partition coefficient (Wildman–Crippen LogP) is 1.66. The molecule has 0 fully saturated rings. The molecule has 0 aromatic heterocycles. The van der Waals surface area contributed by atoms with Crippen molar-refractivity contribution in [3.8, 4) is 5.75 Å². The minimum absolute atomic E-state index is 0.0319. The van der Waals surface area contributed by atoms with Gasteiger partial charge in [0.2, 0.25) is 0 Å². The minimum Gasteiger partial charge on any atom is -0.490 e. The van der Waals surface area contributed by atoms with Crippen molar-refractivity contribution in [2.45, 2.75) is 19.3 Å². The van der Waals surface area contributed by atoms with Gasteiger partial charge >= 0.3 is 5.69 Å². The Balaban J connectivity index is 2.52. The lowest BCUT2D eigenvalue weighted by Crippen LogP contribution is -2.13. The van der Waals surface area contributed by atoms with Crippen LogP contribution in [0.25, 0.3) is 0 Å². The number of aryl methyl sites for hydroxylation is 1. The number of carbonyl (C=O) groups excluding carboxylic acids is 1. The van der Waals surface area contributed by atoms with Gasteiger partial charge in [0, 0.05) is 18.9 Å². The van der Waals surface area contributed by atoms with Gasteiger partial charge < -0.3 is 4.74 Å². The summed E-state index contributed by atoms with van der Waals surface area (Å²) in [6.07, 6.45) is 1.40. The molecule has 0 amide bonds. The van der Waals surface area contributed by atoms with E-state index in [0.717, 1.165) is 11.1 Å². The van der Waals surface area contributed by atoms with Gasteiger partial charge in [-0.15, -0.1) is 0 Å². The molecule has 1 aromatic carbocycles. The van der Waals surface area contributed by atoms with Crippen molar-refractivity contribution in [1.82, 2.24) is 0 Å². The van der Waals surface area contributed by atoms with Crippen LogP contribution in [-0.4, -0.2) is 17.8 Å². The number of hydrogen-bond acceptors (Lipinski definition) is 4. The van der Waals surface area contributed by atoms with Crippen LogP contribution in [0.4, 0.5) is 5.69 Å². The summed E-state index contributed by atoms with van der Waals surface area (Å²) in [5.74, 6) is 0.391. The Labute approximate surface area is 92.2 Å². The van der Waals surface area contributed by atoms with Crippen LogP contribution in [-0.2, 0) is 17.6 Å². The second kappa shape index (κ2) is 3.92. The number of carbonyl (C=O) groups is 1. The lowest BCUT2D eigenvalue weighted by molar-refractivity contribution is -0.385. The quantitative estimate of drug-likeness (QED) is 0.562. The van der Waals surface area contributed by atoms with Gasteiger partial charge in [0.15, 0.2) is 5.75 Å². The van der Waals surface area contributed by atoms with Crippen molar-refractivity contribution in [2.24, 2.45) is 0 Å². The van der Waals surface area contributed by atoms with Crippen LogP contribution in [0.5, 0.6) is 5.75 Å². The number of ketones is 1. The van der Waals surface area contributed by atoms with Crippen molar-refractivity contribution in [3.63, 3.8) is 0 Å². The second-order valence-electron chi connectivity index (χ2n) is 3.77. The summed E-state index contributed by atoms with van der Waals surface area (Å²) < 4.78 is 4.95. The number of nitrogens with zero attached hydrogens (tertiary/aromatic N) is 1. The first-order chi connectivity index (χ1) is 7.61. The molecule has 1 aliphatic carbocycles. The molecule has 84 valence electrons. The summed E-state index contributed by atoms with van der Waals surface area (Å²) >= 11 is 0. The normalized spacial score (nSPS) is 14.4. The number of hydrogen-bond donors (Lipinski definition) is 0. The highest BCUT2D eigenvalue weighted by Crippen LogP contribution is 2.33. The fourth-order valence-electron chi connectivity index (χ4n) is 1.93. The minimum atomic E-state index is -0.463. The van der Waals surface area contributed by atoms with Crippen molar-refractivity contribution in [2.75, 3.05) is 7.11 Å². The Morgan fingerprint density at radius 1 is 1.31 bits per heavy atom. The van der Waals surface area contributed by atoms with E-state index >= 15 is 0 Å². The Kier molecular flexibility index (Phi) is 2.60. The van der Waals surface area contributed by atoms with Crippen LogP contribution in [0, 0.1) is 10.1 Å². The molecule has 0 spiro atoms. The van der Waals surface area contributed by atoms with Gasteiger partial charge in [0.1, 0.15) is 5.78 Å². The maximum absolute atomic E-state index is 11.3. The topological polar surface area (TPSA) is 69.4 Å². The number of nitro benzene ring substituents is 1. The van der Waals surface area contributed by atoms with Crippen molar-refractivity contribution in [3.05, 3.63) is 33.4 Å². The van der Waals surface area contributed by atoms with Gasteiger partial charge in [-0.25, -0.2) is 0 Å². The Morgan fingerprint density at radius 2 is 2.06 bits per heavy atom. The van der Waals surface area contributed by atoms with E-state index in [1.54, 1.807) is 6.07 Å². The fraction of sp³-hybridized carbons (Fsp3) is 0.364. The lowest BCUT2D eigenvalue weighted by atomic mass is 9.90. The van der Waals surface area contributed by atoms with E-state index in [1.807, 2.05) is 0 Å². The number of benzene rings is 1. The number of fused-ring (bicyclic) bond motifs is 1. The van der Waals surface area contributed by atoms with Gasteiger partial charge in [-0.05, 0) is 23.6 Å². The Hall–Kier alpha value is -1.91. The number of ether oxygens (including phenoxy) is 1. The molecule has 0 unspecified atom stereocenters. The van der Waals surface area contributed by atoms with Crippen LogP contribution in [0.2, 0.25) is 0 Å². The van der Waals surface area contributed by atoms with E-state index in [4.69, 9.17) is 4.74 Å². The molecule has 0 atom stereocenters. The standard InChI is InChI=1S/C11H11NO4/c1-16-11-6-8-4-9(13)3-2-7(8)5-10(11)12(14)15/h5-6H,2-4H2,1H3. The highest BCUT2D eigenvalue weighted by molar-refractivity contribution is 5.83. The van der Waals surface area contributed by atoms with Crippen LogP contribution in [0.1, 0.15) is 17.5 Å². The van der Waals surface area contributed by atoms with Crippen molar-refractivity contribution >= 4 is 11.5 Å². The molecular weight excluding hydrogens is 210 g/mol. The summed E-state index contributed by atoms with van der Waals surface area (Å²) in [6.45, 7) is 0. The highest BCUT2D eigenvalue weighted by atomic mass is 16.6. The maximum atomic E-state index is 11.3. The number of nitro groups is 1. The molecule has 5 heteroatoms. The van der Waals surface area contributed by atoms with Gasteiger partial charge in [-0.3, -0.25) is 14.9 Å². The Bertz CT molecular complexity index is 467. The van der Waals surface area contributed by atoms with Crippen molar-refractivity contribution < 1.29 is 14.5 Å². The first kappa shape index (κ1) is 10.6. The molecule has 0 radical (unpaired) electrons. The number of rotatable bonds is 2. The lowest BCUT2D eigenvalue weighted by Gasteiger charge is -2.15. The van der Waals surface area contributed by atoms with E-state index in [0.29, 0.717) is 19.3 Å². The van der Waals surface area contributed by atoms with Crippen LogP contribution in [0.3, 0.4) is 0 Å². The average molecular weight is 221 g/mol. The molecule has 0 saturated carbocycles. The summed E-state index contributed by atoms with van der Waals surface area (Å²) in [5.41, 5.74) is 1.70. The van der Waals surface area contributed by atoms with Gasteiger partial charge in [0.25, 0.3) is 0 Å². The van der Waals surface area contributed by atoms with Gasteiger partial charge in [-0.1, -0.05) is 0 Å². The number of methoxy groups -OCH3 is 1.